The van der Waals surface area contributed by atoms with E-state index < -0.39 is 76.0 Å². The maximum atomic E-state index is 12.6. The van der Waals surface area contributed by atoms with Gasteiger partial charge in [-0.2, -0.15) is 0 Å². The lowest BCUT2D eigenvalue weighted by Gasteiger charge is -2.21. The number of rotatable bonds is 36. The largest absolute Gasteiger partial charge is 0.480 e. The molecule has 1 fully saturated rings. The molecule has 0 spiro atoms. The van der Waals surface area contributed by atoms with Crippen molar-refractivity contribution in [1.82, 2.24) is 0 Å². The SMILES string of the molecule is CCCCCCCCCCCCCCC(=O)O[C@H](COC(=O)CCCCCC[C@@H]1[C@@H](/C=C/[C@@H](O)CCCCC)[C@H](O)C[C@@H]1O)COP(=O)(O)OC[C@H](N)C(=O)O. The summed E-state index contributed by atoms with van der Waals surface area (Å²) in [6.07, 6.45) is 22.1. The third-order valence-corrected chi connectivity index (χ3v) is 11.3. The van der Waals surface area contributed by atoms with Crippen LogP contribution in [-0.4, -0.2) is 93.5 Å². The lowest BCUT2D eigenvalue weighted by Crippen LogP contribution is -2.34. The lowest BCUT2D eigenvalue weighted by atomic mass is 9.88. The molecule has 0 heterocycles. The first-order chi connectivity index (χ1) is 26.8. The fourth-order valence-corrected chi connectivity index (χ4v) is 7.70. The Bertz CT molecular complexity index is 1130. The number of carboxylic acid groups (broad SMARTS) is 1. The number of carbonyl (C=O) groups excluding carboxylic acids is 2. The van der Waals surface area contributed by atoms with Crippen LogP contribution in [0.2, 0.25) is 0 Å². The second-order valence-corrected chi connectivity index (χ2v) is 16.9. The van der Waals surface area contributed by atoms with Gasteiger partial charge in [0, 0.05) is 25.2 Å². The number of phosphoric acid groups is 1. The topological polar surface area (TPSA) is 232 Å². The molecular formula is C41H76NO13P. The van der Waals surface area contributed by atoms with Crippen LogP contribution in [-0.2, 0) is 37.5 Å². The first kappa shape index (κ1) is 52.1. The molecule has 0 saturated heterocycles. The van der Waals surface area contributed by atoms with Gasteiger partial charge in [-0.3, -0.25) is 23.4 Å². The Balaban J connectivity index is 2.48. The summed E-state index contributed by atoms with van der Waals surface area (Å²) in [5.74, 6) is -2.86. The molecule has 8 atom stereocenters. The molecular weight excluding hydrogens is 745 g/mol. The van der Waals surface area contributed by atoms with Crippen LogP contribution in [0.4, 0.5) is 0 Å². The molecule has 328 valence electrons. The van der Waals surface area contributed by atoms with Crippen molar-refractivity contribution < 1.29 is 62.8 Å². The predicted octanol–water partition coefficient (Wildman–Crippen LogP) is 7.27. The van der Waals surface area contributed by atoms with Crippen molar-refractivity contribution in [2.75, 3.05) is 19.8 Å². The minimum absolute atomic E-state index is 0.0983. The number of hydrogen-bond donors (Lipinski definition) is 6. The Morgan fingerprint density at radius 1 is 0.732 bits per heavy atom. The molecule has 1 rings (SSSR count). The van der Waals surface area contributed by atoms with Crippen molar-refractivity contribution in [3.63, 3.8) is 0 Å². The fraction of sp³-hybridized carbons (Fsp3) is 0.878. The average molecular weight is 822 g/mol. The van der Waals surface area contributed by atoms with Gasteiger partial charge in [-0.25, -0.2) is 4.57 Å². The smallest absolute Gasteiger partial charge is 0.472 e. The summed E-state index contributed by atoms with van der Waals surface area (Å²) in [4.78, 5) is 46.1. The monoisotopic (exact) mass is 822 g/mol. The average Bonchev–Trinajstić information content (AvgIpc) is 3.43. The van der Waals surface area contributed by atoms with Crippen LogP contribution in [0.5, 0.6) is 0 Å². The third kappa shape index (κ3) is 26.2. The number of phosphoric ester groups is 1. The molecule has 1 aliphatic rings. The van der Waals surface area contributed by atoms with Gasteiger partial charge in [0.25, 0.3) is 0 Å². The number of esters is 2. The van der Waals surface area contributed by atoms with Gasteiger partial charge in [0.15, 0.2) is 6.10 Å². The number of hydrogen-bond acceptors (Lipinski definition) is 12. The molecule has 1 unspecified atom stereocenters. The van der Waals surface area contributed by atoms with Gasteiger partial charge in [-0.1, -0.05) is 135 Å². The highest BCUT2D eigenvalue weighted by molar-refractivity contribution is 7.47. The second kappa shape index (κ2) is 32.0. The summed E-state index contributed by atoms with van der Waals surface area (Å²) in [6.45, 7) is 2.48. The summed E-state index contributed by atoms with van der Waals surface area (Å²) in [6, 6.07) is -1.55. The van der Waals surface area contributed by atoms with E-state index in [-0.39, 0.29) is 24.7 Å². The number of carboxylic acids is 1. The highest BCUT2D eigenvalue weighted by Crippen LogP contribution is 2.43. The van der Waals surface area contributed by atoms with Gasteiger partial charge < -0.3 is 40.5 Å². The minimum Gasteiger partial charge on any atom is -0.480 e. The summed E-state index contributed by atoms with van der Waals surface area (Å²) in [7, 11) is -4.76. The highest BCUT2D eigenvalue weighted by Gasteiger charge is 2.39. The Kier molecular flexibility index (Phi) is 29.8. The van der Waals surface area contributed by atoms with E-state index in [1.807, 2.05) is 6.08 Å². The Morgan fingerprint density at radius 2 is 1.25 bits per heavy atom. The molecule has 0 amide bonds. The normalized spacial score (nSPS) is 21.1. The van der Waals surface area contributed by atoms with E-state index in [1.165, 1.54) is 51.4 Å². The quantitative estimate of drug-likeness (QED) is 0.0158. The van der Waals surface area contributed by atoms with E-state index in [1.54, 1.807) is 6.08 Å². The second-order valence-electron chi connectivity index (χ2n) is 15.5. The van der Waals surface area contributed by atoms with E-state index in [4.69, 9.17) is 24.8 Å². The summed E-state index contributed by atoms with van der Waals surface area (Å²) >= 11 is 0. The van der Waals surface area contributed by atoms with Crippen LogP contribution < -0.4 is 5.73 Å². The van der Waals surface area contributed by atoms with E-state index in [0.717, 1.165) is 57.8 Å². The molecule has 0 aromatic heterocycles. The highest BCUT2D eigenvalue weighted by atomic mass is 31.2. The molecule has 1 aliphatic carbocycles. The van der Waals surface area contributed by atoms with E-state index in [0.29, 0.717) is 32.1 Å². The molecule has 0 aromatic carbocycles. The molecule has 7 N–H and O–H groups in total. The number of aliphatic carboxylic acids is 1. The lowest BCUT2D eigenvalue weighted by molar-refractivity contribution is -0.161. The molecule has 1 saturated carbocycles. The number of carbonyl (C=O) groups is 3. The molecule has 0 radical (unpaired) electrons. The first-order valence-corrected chi connectivity index (χ1v) is 23.0. The van der Waals surface area contributed by atoms with Gasteiger partial charge in [-0.15, -0.1) is 0 Å². The van der Waals surface area contributed by atoms with E-state index in [9.17, 15) is 39.2 Å². The molecule has 0 aromatic rings. The summed E-state index contributed by atoms with van der Waals surface area (Å²) in [5.41, 5.74) is 5.32. The number of aliphatic hydroxyl groups is 3. The number of aliphatic hydroxyl groups excluding tert-OH is 3. The number of nitrogens with two attached hydrogens (primary N) is 1. The van der Waals surface area contributed by atoms with Crippen LogP contribution in [0, 0.1) is 11.8 Å². The van der Waals surface area contributed by atoms with Crippen LogP contribution in [0.3, 0.4) is 0 Å². The van der Waals surface area contributed by atoms with Gasteiger partial charge in [0.2, 0.25) is 0 Å². The zero-order chi connectivity index (χ0) is 41.6. The molecule has 15 heteroatoms. The predicted molar refractivity (Wildman–Crippen MR) is 214 cm³/mol. The van der Waals surface area contributed by atoms with Crippen molar-refractivity contribution in [3.05, 3.63) is 12.2 Å². The molecule has 0 aliphatic heterocycles. The van der Waals surface area contributed by atoms with Crippen molar-refractivity contribution in [1.29, 1.82) is 0 Å². The fourth-order valence-electron chi connectivity index (χ4n) is 6.93. The number of ether oxygens (including phenoxy) is 2. The van der Waals surface area contributed by atoms with Gasteiger partial charge >= 0.3 is 25.7 Å². The van der Waals surface area contributed by atoms with Crippen LogP contribution in [0.25, 0.3) is 0 Å². The molecule has 56 heavy (non-hydrogen) atoms. The number of unbranched alkanes of at least 4 members (excludes halogenated alkanes) is 16. The third-order valence-electron chi connectivity index (χ3n) is 10.4. The maximum Gasteiger partial charge on any atom is 0.472 e. The Hall–Kier alpha value is -1.90. The van der Waals surface area contributed by atoms with Crippen molar-refractivity contribution in [2.24, 2.45) is 17.6 Å². The van der Waals surface area contributed by atoms with Crippen molar-refractivity contribution >= 4 is 25.7 Å². The summed E-state index contributed by atoms with van der Waals surface area (Å²) < 4.78 is 32.7. The van der Waals surface area contributed by atoms with E-state index in [2.05, 4.69) is 18.4 Å². The van der Waals surface area contributed by atoms with Crippen molar-refractivity contribution in [2.45, 2.75) is 198 Å². The van der Waals surface area contributed by atoms with Crippen LogP contribution in [0.15, 0.2) is 12.2 Å². The minimum atomic E-state index is -4.76. The summed E-state index contributed by atoms with van der Waals surface area (Å²) in [5, 5.41) is 40.2. The van der Waals surface area contributed by atoms with Gasteiger partial charge in [0.05, 0.1) is 31.5 Å². The van der Waals surface area contributed by atoms with Crippen LogP contribution in [0.1, 0.15) is 168 Å². The molecule has 0 bridgehead atoms. The standard InChI is InChI=1S/C41H76NO13P/c1-3-5-7-8-9-10-11-12-13-14-15-21-25-40(47)55-33(30-53-56(50,51)54-31-36(42)41(48)49)29-52-39(46)24-20-17-16-19-23-34-35(38(45)28-37(34)44)27-26-32(43)22-18-6-4-2/h26-27,32-38,43-45H,3-25,28-31,42H2,1-2H3,(H,48,49)(H,50,51)/b27-26+/t32-,33+,34+,35+,36-,37-,38+/m0/s1. The molecule has 14 nitrogen and oxygen atoms in total. The Morgan fingerprint density at radius 3 is 1.84 bits per heavy atom. The van der Waals surface area contributed by atoms with Gasteiger partial charge in [0.1, 0.15) is 12.6 Å². The zero-order valence-corrected chi connectivity index (χ0v) is 35.2. The first-order valence-electron chi connectivity index (χ1n) is 21.5. The van der Waals surface area contributed by atoms with Crippen molar-refractivity contribution in [3.8, 4) is 0 Å². The van der Waals surface area contributed by atoms with Gasteiger partial charge in [-0.05, 0) is 31.6 Å². The Labute approximate surface area is 335 Å². The van der Waals surface area contributed by atoms with Crippen LogP contribution >= 0.6 is 7.82 Å². The maximum absolute atomic E-state index is 12.6. The zero-order valence-electron chi connectivity index (χ0n) is 34.3. The van der Waals surface area contributed by atoms with E-state index >= 15 is 0 Å².